The summed E-state index contributed by atoms with van der Waals surface area (Å²) >= 11 is 0. The number of para-hydroxylation sites is 1. The zero-order valence-corrected chi connectivity index (χ0v) is 15.9. The fourth-order valence-corrected chi connectivity index (χ4v) is 4.22. The summed E-state index contributed by atoms with van der Waals surface area (Å²) in [6, 6.07) is 15.2. The van der Waals surface area contributed by atoms with Crippen molar-refractivity contribution >= 4 is 11.5 Å². The van der Waals surface area contributed by atoms with Crippen molar-refractivity contribution in [1.29, 1.82) is 0 Å². The van der Waals surface area contributed by atoms with Crippen molar-refractivity contribution in [3.63, 3.8) is 0 Å². The molecule has 1 aromatic heterocycles. The second kappa shape index (κ2) is 7.26. The SMILES string of the molecule is O=C(O)c1ccc2c(c1)Oc1ccccc1C2=C1CCN(Cc2ccoc2)CC1. The first-order valence-corrected chi connectivity index (χ1v) is 9.79. The van der Waals surface area contributed by atoms with Gasteiger partial charge < -0.3 is 14.3 Å². The normalized spacial score (nSPS) is 16.1. The molecular weight excluding hydrogens is 366 g/mol. The predicted octanol–water partition coefficient (Wildman–Crippen LogP) is 5.18. The summed E-state index contributed by atoms with van der Waals surface area (Å²) in [5.74, 6) is 0.454. The molecule has 0 saturated carbocycles. The summed E-state index contributed by atoms with van der Waals surface area (Å²) in [7, 11) is 0. The minimum absolute atomic E-state index is 0.238. The Morgan fingerprint density at radius 1 is 1.00 bits per heavy atom. The number of hydrogen-bond donors (Lipinski definition) is 1. The Morgan fingerprint density at radius 3 is 2.55 bits per heavy atom. The molecule has 5 rings (SSSR count). The number of likely N-dealkylation sites (tertiary alicyclic amines) is 1. The van der Waals surface area contributed by atoms with Gasteiger partial charge in [0.15, 0.2) is 0 Å². The fraction of sp³-hybridized carbons (Fsp3) is 0.208. The molecule has 1 fully saturated rings. The summed E-state index contributed by atoms with van der Waals surface area (Å²) in [6.07, 6.45) is 5.47. The number of hydrogen-bond acceptors (Lipinski definition) is 4. The maximum atomic E-state index is 11.4. The molecule has 0 spiro atoms. The lowest BCUT2D eigenvalue weighted by Gasteiger charge is -2.32. The van der Waals surface area contributed by atoms with Crippen LogP contribution in [0.4, 0.5) is 0 Å². The minimum atomic E-state index is -0.947. The molecule has 0 atom stereocenters. The third kappa shape index (κ3) is 3.34. The highest BCUT2D eigenvalue weighted by Gasteiger charge is 2.27. The van der Waals surface area contributed by atoms with Gasteiger partial charge in [0.25, 0.3) is 0 Å². The second-order valence-corrected chi connectivity index (χ2v) is 7.50. The molecule has 29 heavy (non-hydrogen) atoms. The minimum Gasteiger partial charge on any atom is -0.478 e. The quantitative estimate of drug-likeness (QED) is 0.525. The first kappa shape index (κ1) is 17.8. The number of rotatable bonds is 3. The largest absolute Gasteiger partial charge is 0.478 e. The van der Waals surface area contributed by atoms with Crippen molar-refractivity contribution < 1.29 is 19.1 Å². The van der Waals surface area contributed by atoms with Crippen LogP contribution in [0.1, 0.15) is 39.9 Å². The lowest BCUT2D eigenvalue weighted by atomic mass is 9.85. The molecule has 146 valence electrons. The third-order valence-corrected chi connectivity index (χ3v) is 5.67. The number of fused-ring (bicyclic) bond motifs is 2. The zero-order chi connectivity index (χ0) is 19.8. The number of piperidine rings is 1. The van der Waals surface area contributed by atoms with Crippen LogP contribution >= 0.6 is 0 Å². The number of benzene rings is 2. The predicted molar refractivity (Wildman–Crippen MR) is 109 cm³/mol. The van der Waals surface area contributed by atoms with Crippen LogP contribution in [0.15, 0.2) is 71.0 Å². The molecule has 3 aromatic rings. The van der Waals surface area contributed by atoms with Gasteiger partial charge in [-0.15, -0.1) is 0 Å². The fourth-order valence-electron chi connectivity index (χ4n) is 4.22. The summed E-state index contributed by atoms with van der Waals surface area (Å²) in [5, 5.41) is 9.35. The van der Waals surface area contributed by atoms with Gasteiger partial charge in [-0.05, 0) is 48.7 Å². The van der Waals surface area contributed by atoms with Gasteiger partial charge in [-0.3, -0.25) is 4.90 Å². The van der Waals surface area contributed by atoms with Crippen LogP contribution in [0.5, 0.6) is 11.5 Å². The summed E-state index contributed by atoms with van der Waals surface area (Å²) < 4.78 is 11.2. The van der Waals surface area contributed by atoms with Gasteiger partial charge >= 0.3 is 5.97 Å². The van der Waals surface area contributed by atoms with Crippen LogP contribution in [0.2, 0.25) is 0 Å². The molecule has 5 nitrogen and oxygen atoms in total. The van der Waals surface area contributed by atoms with Crippen molar-refractivity contribution in [2.75, 3.05) is 13.1 Å². The Hall–Kier alpha value is -3.31. The Balaban J connectivity index is 1.50. The molecule has 2 aliphatic heterocycles. The van der Waals surface area contributed by atoms with E-state index in [1.165, 1.54) is 16.7 Å². The lowest BCUT2D eigenvalue weighted by Crippen LogP contribution is -2.30. The van der Waals surface area contributed by atoms with E-state index in [9.17, 15) is 9.90 Å². The van der Waals surface area contributed by atoms with E-state index in [1.54, 1.807) is 24.7 Å². The van der Waals surface area contributed by atoms with Crippen LogP contribution in [0, 0.1) is 0 Å². The van der Waals surface area contributed by atoms with E-state index >= 15 is 0 Å². The number of ether oxygens (including phenoxy) is 1. The molecule has 0 aliphatic carbocycles. The van der Waals surface area contributed by atoms with E-state index in [0.717, 1.165) is 49.4 Å². The molecule has 0 unspecified atom stereocenters. The molecule has 3 heterocycles. The molecular formula is C24H21NO4. The average Bonchev–Trinajstić information content (AvgIpc) is 3.25. The molecule has 1 saturated heterocycles. The van der Waals surface area contributed by atoms with Gasteiger partial charge in [0.2, 0.25) is 0 Å². The maximum Gasteiger partial charge on any atom is 0.335 e. The third-order valence-electron chi connectivity index (χ3n) is 5.67. The smallest absolute Gasteiger partial charge is 0.335 e. The number of carbonyl (C=O) groups is 1. The summed E-state index contributed by atoms with van der Waals surface area (Å²) in [5.41, 5.74) is 6.09. The van der Waals surface area contributed by atoms with E-state index < -0.39 is 5.97 Å². The number of furan rings is 1. The summed E-state index contributed by atoms with van der Waals surface area (Å²) in [6.45, 7) is 2.86. The van der Waals surface area contributed by atoms with Crippen LogP contribution in [-0.2, 0) is 6.54 Å². The topological polar surface area (TPSA) is 62.9 Å². The van der Waals surface area contributed by atoms with E-state index in [1.807, 2.05) is 30.3 Å². The Kier molecular flexibility index (Phi) is 4.45. The number of carboxylic acid groups (broad SMARTS) is 1. The van der Waals surface area contributed by atoms with Crippen molar-refractivity contribution in [1.82, 2.24) is 4.90 Å². The van der Waals surface area contributed by atoms with Crippen molar-refractivity contribution in [3.05, 3.63) is 88.9 Å². The van der Waals surface area contributed by atoms with Gasteiger partial charge in [-0.25, -0.2) is 4.79 Å². The Labute approximate surface area is 168 Å². The molecule has 0 bridgehead atoms. The highest BCUT2D eigenvalue weighted by atomic mass is 16.5. The zero-order valence-electron chi connectivity index (χ0n) is 15.9. The maximum absolute atomic E-state index is 11.4. The van der Waals surface area contributed by atoms with E-state index in [-0.39, 0.29) is 5.56 Å². The van der Waals surface area contributed by atoms with Gasteiger partial charge in [-0.1, -0.05) is 23.8 Å². The van der Waals surface area contributed by atoms with E-state index in [2.05, 4.69) is 11.0 Å². The first-order chi connectivity index (χ1) is 14.2. The molecule has 1 N–H and O–H groups in total. The van der Waals surface area contributed by atoms with Crippen LogP contribution in [-0.4, -0.2) is 29.1 Å². The van der Waals surface area contributed by atoms with Crippen LogP contribution in [0.3, 0.4) is 0 Å². The highest BCUT2D eigenvalue weighted by molar-refractivity contribution is 5.93. The molecule has 5 heteroatoms. The first-order valence-electron chi connectivity index (χ1n) is 9.79. The molecule has 2 aromatic carbocycles. The van der Waals surface area contributed by atoms with Gasteiger partial charge in [0.1, 0.15) is 11.5 Å². The van der Waals surface area contributed by atoms with Crippen molar-refractivity contribution in [2.24, 2.45) is 0 Å². The molecule has 2 aliphatic rings. The van der Waals surface area contributed by atoms with Gasteiger partial charge in [0, 0.05) is 36.3 Å². The van der Waals surface area contributed by atoms with Gasteiger partial charge in [0.05, 0.1) is 18.1 Å². The molecule has 0 amide bonds. The van der Waals surface area contributed by atoms with Crippen LogP contribution < -0.4 is 4.74 Å². The monoisotopic (exact) mass is 387 g/mol. The average molecular weight is 387 g/mol. The van der Waals surface area contributed by atoms with Crippen molar-refractivity contribution in [2.45, 2.75) is 19.4 Å². The number of aromatic carboxylic acids is 1. The Morgan fingerprint density at radius 2 is 1.79 bits per heavy atom. The lowest BCUT2D eigenvalue weighted by molar-refractivity contribution is 0.0696. The van der Waals surface area contributed by atoms with Crippen molar-refractivity contribution in [3.8, 4) is 11.5 Å². The standard InChI is InChI=1S/C24H21NO4/c26-24(27)18-5-6-20-22(13-18)29-21-4-2-1-3-19(21)23(20)17-7-10-25(11-8-17)14-16-9-12-28-15-16/h1-6,9,12-13,15H,7-8,10-11,14H2,(H,26,27). The van der Waals surface area contributed by atoms with E-state index in [4.69, 9.17) is 9.15 Å². The number of nitrogens with zero attached hydrogens (tertiary/aromatic N) is 1. The Bertz CT molecular complexity index is 1090. The second-order valence-electron chi connectivity index (χ2n) is 7.50. The molecule has 0 radical (unpaired) electrons. The van der Waals surface area contributed by atoms with Crippen LogP contribution in [0.25, 0.3) is 5.57 Å². The van der Waals surface area contributed by atoms with Gasteiger partial charge in [-0.2, -0.15) is 0 Å². The van der Waals surface area contributed by atoms with E-state index in [0.29, 0.717) is 5.75 Å². The summed E-state index contributed by atoms with van der Waals surface area (Å²) in [4.78, 5) is 13.8. The number of carboxylic acids is 1. The highest BCUT2D eigenvalue weighted by Crippen LogP contribution is 2.46.